The average Bonchev–Trinajstić information content (AvgIpc) is 3.18. The molecule has 4 heteroatoms. The lowest BCUT2D eigenvalue weighted by Crippen LogP contribution is -2.41. The van der Waals surface area contributed by atoms with Crippen LogP contribution in [0.3, 0.4) is 0 Å². The summed E-state index contributed by atoms with van der Waals surface area (Å²) in [5, 5.41) is 4.73. The highest BCUT2D eigenvalue weighted by Crippen LogP contribution is 2.31. The number of para-hydroxylation sites is 1. The number of anilines is 1. The third-order valence-electron chi connectivity index (χ3n) is 5.03. The Bertz CT molecular complexity index is 811. The Kier molecular flexibility index (Phi) is 2.91. The second-order valence-corrected chi connectivity index (χ2v) is 6.69. The van der Waals surface area contributed by atoms with Crippen molar-refractivity contribution in [1.82, 2.24) is 10.3 Å². The predicted molar refractivity (Wildman–Crippen MR) is 91.6 cm³/mol. The highest BCUT2D eigenvalue weighted by molar-refractivity contribution is 5.83. The molecule has 23 heavy (non-hydrogen) atoms. The fourth-order valence-corrected chi connectivity index (χ4v) is 3.90. The Morgan fingerprint density at radius 1 is 1.13 bits per heavy atom. The van der Waals surface area contributed by atoms with Crippen LogP contribution >= 0.6 is 0 Å². The molecule has 116 valence electrons. The Balaban J connectivity index is 1.50. The number of fused-ring (bicyclic) bond motifs is 3. The molecule has 0 aliphatic carbocycles. The first-order valence-corrected chi connectivity index (χ1v) is 8.27. The van der Waals surface area contributed by atoms with Gasteiger partial charge in [0.25, 0.3) is 0 Å². The van der Waals surface area contributed by atoms with Gasteiger partial charge in [-0.25, -0.2) is 0 Å². The number of pyridine rings is 1. The zero-order valence-corrected chi connectivity index (χ0v) is 12.9. The molecule has 3 aromatic rings. The van der Waals surface area contributed by atoms with Gasteiger partial charge in [-0.15, -0.1) is 0 Å². The molecule has 2 saturated heterocycles. The number of hydrogen-bond donors (Lipinski definition) is 1. The maximum absolute atomic E-state index is 5.98. The standard InChI is InChI=1S/C19H19N3O/c1-2-4-18-14(3-1)7-19(23-18)15-6-17(10-20-9-15)22-11-13-5-16(12-22)21-8-13/h1-4,6-7,9-10,13,16,21H,5,8,11-12H2. The molecule has 2 unspecified atom stereocenters. The molecule has 2 aromatic heterocycles. The van der Waals surface area contributed by atoms with Gasteiger partial charge in [0.1, 0.15) is 11.3 Å². The molecular formula is C19H19N3O. The monoisotopic (exact) mass is 305 g/mol. The van der Waals surface area contributed by atoms with Gasteiger partial charge < -0.3 is 14.6 Å². The van der Waals surface area contributed by atoms with E-state index >= 15 is 0 Å². The van der Waals surface area contributed by atoms with E-state index in [9.17, 15) is 0 Å². The highest BCUT2D eigenvalue weighted by Gasteiger charge is 2.32. The molecule has 2 fully saturated rings. The highest BCUT2D eigenvalue weighted by atomic mass is 16.3. The lowest BCUT2D eigenvalue weighted by Gasteiger charge is -2.32. The van der Waals surface area contributed by atoms with Crippen LogP contribution < -0.4 is 10.2 Å². The molecule has 1 aromatic carbocycles. The van der Waals surface area contributed by atoms with Gasteiger partial charge in [0, 0.05) is 42.8 Å². The summed E-state index contributed by atoms with van der Waals surface area (Å²) in [5.41, 5.74) is 3.17. The van der Waals surface area contributed by atoms with Crippen molar-refractivity contribution in [2.75, 3.05) is 24.5 Å². The van der Waals surface area contributed by atoms with Gasteiger partial charge in [0.05, 0.1) is 11.9 Å². The van der Waals surface area contributed by atoms with E-state index < -0.39 is 0 Å². The van der Waals surface area contributed by atoms with E-state index in [0.29, 0.717) is 6.04 Å². The number of nitrogens with zero attached hydrogens (tertiary/aromatic N) is 2. The Morgan fingerprint density at radius 2 is 2.09 bits per heavy atom. The third kappa shape index (κ3) is 2.30. The van der Waals surface area contributed by atoms with Gasteiger partial charge in [-0.3, -0.25) is 4.98 Å². The number of furan rings is 1. The van der Waals surface area contributed by atoms with Crippen LogP contribution in [-0.4, -0.2) is 30.7 Å². The van der Waals surface area contributed by atoms with E-state index in [1.807, 2.05) is 30.6 Å². The maximum atomic E-state index is 5.98. The summed E-state index contributed by atoms with van der Waals surface area (Å²) in [4.78, 5) is 6.91. The van der Waals surface area contributed by atoms with Crippen LogP contribution in [0.1, 0.15) is 6.42 Å². The molecule has 4 nitrogen and oxygen atoms in total. The van der Waals surface area contributed by atoms with Crippen molar-refractivity contribution in [3.63, 3.8) is 0 Å². The van der Waals surface area contributed by atoms with Crippen LogP contribution in [0.4, 0.5) is 5.69 Å². The van der Waals surface area contributed by atoms with Gasteiger partial charge in [0.15, 0.2) is 0 Å². The quantitative estimate of drug-likeness (QED) is 0.789. The minimum absolute atomic E-state index is 0.628. The third-order valence-corrected chi connectivity index (χ3v) is 5.03. The summed E-state index contributed by atoms with van der Waals surface area (Å²) >= 11 is 0. The number of aromatic nitrogens is 1. The molecule has 0 saturated carbocycles. The fraction of sp³-hybridized carbons (Fsp3) is 0.316. The summed E-state index contributed by atoms with van der Waals surface area (Å²) < 4.78 is 5.98. The smallest absolute Gasteiger partial charge is 0.137 e. The van der Waals surface area contributed by atoms with E-state index in [-0.39, 0.29) is 0 Å². The minimum atomic E-state index is 0.628. The van der Waals surface area contributed by atoms with E-state index in [4.69, 9.17) is 4.42 Å². The van der Waals surface area contributed by atoms with Crippen LogP contribution in [0, 0.1) is 5.92 Å². The molecule has 0 spiro atoms. The van der Waals surface area contributed by atoms with Crippen molar-refractivity contribution in [3.8, 4) is 11.3 Å². The molecule has 2 atom stereocenters. The Morgan fingerprint density at radius 3 is 3.00 bits per heavy atom. The summed E-state index contributed by atoms with van der Waals surface area (Å²) in [6, 6.07) is 13.0. The van der Waals surface area contributed by atoms with E-state index in [1.54, 1.807) is 0 Å². The predicted octanol–water partition coefficient (Wildman–Crippen LogP) is 3.29. The summed E-state index contributed by atoms with van der Waals surface area (Å²) in [7, 11) is 0. The topological polar surface area (TPSA) is 41.3 Å². The van der Waals surface area contributed by atoms with Gasteiger partial charge in [0.2, 0.25) is 0 Å². The van der Waals surface area contributed by atoms with Crippen LogP contribution in [0.15, 0.2) is 53.2 Å². The second kappa shape index (κ2) is 5.10. The number of hydrogen-bond acceptors (Lipinski definition) is 4. The lowest BCUT2D eigenvalue weighted by atomic mass is 9.99. The summed E-state index contributed by atoms with van der Waals surface area (Å²) in [5.74, 6) is 1.65. The lowest BCUT2D eigenvalue weighted by molar-refractivity contribution is 0.474. The van der Waals surface area contributed by atoms with Crippen molar-refractivity contribution < 1.29 is 4.42 Å². The van der Waals surface area contributed by atoms with Crippen molar-refractivity contribution in [2.24, 2.45) is 5.92 Å². The van der Waals surface area contributed by atoms with Crippen LogP contribution in [0.2, 0.25) is 0 Å². The van der Waals surface area contributed by atoms with Crippen LogP contribution in [0.5, 0.6) is 0 Å². The summed E-state index contributed by atoms with van der Waals surface area (Å²) in [6.07, 6.45) is 5.17. The van der Waals surface area contributed by atoms with E-state index in [0.717, 1.165) is 47.8 Å². The van der Waals surface area contributed by atoms with Gasteiger partial charge in [-0.1, -0.05) is 18.2 Å². The minimum Gasteiger partial charge on any atom is -0.456 e. The number of benzene rings is 1. The molecule has 2 aliphatic rings. The molecule has 2 bridgehead atoms. The fourth-order valence-electron chi connectivity index (χ4n) is 3.90. The molecule has 0 radical (unpaired) electrons. The molecule has 4 heterocycles. The van der Waals surface area contributed by atoms with Crippen molar-refractivity contribution in [3.05, 3.63) is 48.8 Å². The van der Waals surface area contributed by atoms with Gasteiger partial charge in [-0.2, -0.15) is 0 Å². The Hall–Kier alpha value is -2.33. The van der Waals surface area contributed by atoms with Gasteiger partial charge in [-0.05, 0) is 30.5 Å². The van der Waals surface area contributed by atoms with Gasteiger partial charge >= 0.3 is 0 Å². The summed E-state index contributed by atoms with van der Waals surface area (Å²) in [6.45, 7) is 3.34. The van der Waals surface area contributed by atoms with E-state index in [2.05, 4.69) is 33.4 Å². The zero-order chi connectivity index (χ0) is 15.2. The number of nitrogens with one attached hydrogen (secondary N) is 1. The largest absolute Gasteiger partial charge is 0.456 e. The van der Waals surface area contributed by atoms with Crippen molar-refractivity contribution in [2.45, 2.75) is 12.5 Å². The van der Waals surface area contributed by atoms with Crippen LogP contribution in [0.25, 0.3) is 22.3 Å². The SMILES string of the molecule is c1ccc2oc(-c3cncc(N4CC5CNC(C5)C4)c3)cc2c1. The first-order chi connectivity index (χ1) is 11.3. The molecule has 0 amide bonds. The maximum Gasteiger partial charge on any atom is 0.137 e. The van der Waals surface area contributed by atoms with Crippen molar-refractivity contribution in [1.29, 1.82) is 0 Å². The second-order valence-electron chi connectivity index (χ2n) is 6.69. The average molecular weight is 305 g/mol. The Labute approximate surface area is 135 Å². The zero-order valence-electron chi connectivity index (χ0n) is 12.9. The molecule has 5 rings (SSSR count). The first-order valence-electron chi connectivity index (χ1n) is 8.27. The number of rotatable bonds is 2. The van der Waals surface area contributed by atoms with Crippen molar-refractivity contribution >= 4 is 16.7 Å². The van der Waals surface area contributed by atoms with Crippen LogP contribution in [-0.2, 0) is 0 Å². The van der Waals surface area contributed by atoms with E-state index in [1.165, 1.54) is 12.1 Å². The molecule has 2 aliphatic heterocycles. The number of piperidine rings is 1. The first kappa shape index (κ1) is 13.1. The molecule has 1 N–H and O–H groups in total. The normalized spacial score (nSPS) is 23.6. The molecular weight excluding hydrogens is 286 g/mol.